The number of nitrogens with one attached hydrogen (secondary N) is 2. The number of H-pyrrole nitrogens is 1. The number of urea groups is 1. The Morgan fingerprint density at radius 1 is 1.27 bits per heavy atom. The quantitative estimate of drug-likeness (QED) is 0.445. The second-order valence-corrected chi connectivity index (χ2v) is 6.05. The molecule has 136 valence electrons. The third kappa shape index (κ3) is 3.58. The van der Waals surface area contributed by atoms with Crippen LogP contribution >= 0.6 is 0 Å². The average molecular weight is 357 g/mol. The van der Waals surface area contributed by atoms with E-state index >= 15 is 0 Å². The number of carbonyl (C=O) groups is 4. The number of rotatable bonds is 7. The highest BCUT2D eigenvalue weighted by atomic mass is 16.5. The van der Waals surface area contributed by atoms with Gasteiger partial charge in [0, 0.05) is 35.6 Å². The minimum absolute atomic E-state index is 0.0144. The summed E-state index contributed by atoms with van der Waals surface area (Å²) in [6.07, 6.45) is 0.988. The molecule has 1 aromatic heterocycles. The van der Waals surface area contributed by atoms with Gasteiger partial charge in [-0.05, 0) is 19.4 Å². The minimum atomic E-state index is -0.918. The molecule has 2 N–H and O–H groups in total. The van der Waals surface area contributed by atoms with Crippen LogP contribution in [0.2, 0.25) is 0 Å². The molecule has 2 aromatic rings. The Kier molecular flexibility index (Phi) is 5.01. The average Bonchev–Trinajstić information content (AvgIpc) is 3.19. The van der Waals surface area contributed by atoms with Gasteiger partial charge in [0.2, 0.25) is 11.7 Å². The van der Waals surface area contributed by atoms with Crippen molar-refractivity contribution in [1.29, 1.82) is 0 Å². The highest BCUT2D eigenvalue weighted by Gasteiger charge is 2.28. The lowest BCUT2D eigenvalue weighted by Gasteiger charge is -2.14. The van der Waals surface area contributed by atoms with E-state index in [2.05, 4.69) is 10.3 Å². The third-order valence-corrected chi connectivity index (χ3v) is 4.23. The molecule has 0 radical (unpaired) electrons. The first-order chi connectivity index (χ1) is 12.5. The van der Waals surface area contributed by atoms with Crippen LogP contribution in [0.4, 0.5) is 4.79 Å². The van der Waals surface area contributed by atoms with Crippen molar-refractivity contribution in [3.63, 3.8) is 0 Å². The van der Waals surface area contributed by atoms with Crippen molar-refractivity contribution in [1.82, 2.24) is 15.2 Å². The molecule has 1 unspecified atom stereocenters. The van der Waals surface area contributed by atoms with Crippen LogP contribution in [0.5, 0.6) is 0 Å². The van der Waals surface area contributed by atoms with Crippen molar-refractivity contribution < 1.29 is 23.9 Å². The number of aromatic nitrogens is 1. The number of para-hydroxylation sites is 1. The normalized spacial score (nSPS) is 15.2. The molecule has 1 aliphatic heterocycles. The van der Waals surface area contributed by atoms with Crippen molar-refractivity contribution in [2.45, 2.75) is 25.9 Å². The summed E-state index contributed by atoms with van der Waals surface area (Å²) in [5.74, 6) is -1.14. The van der Waals surface area contributed by atoms with Crippen LogP contribution in [-0.4, -0.2) is 52.8 Å². The van der Waals surface area contributed by atoms with E-state index in [4.69, 9.17) is 4.74 Å². The van der Waals surface area contributed by atoms with Crippen molar-refractivity contribution in [3.05, 3.63) is 36.0 Å². The molecule has 3 rings (SSSR count). The minimum Gasteiger partial charge on any atom is -0.454 e. The van der Waals surface area contributed by atoms with Gasteiger partial charge in [-0.3, -0.25) is 19.3 Å². The summed E-state index contributed by atoms with van der Waals surface area (Å²) in [4.78, 5) is 51.4. The van der Waals surface area contributed by atoms with Gasteiger partial charge in [0.05, 0.1) is 6.54 Å². The zero-order valence-corrected chi connectivity index (χ0v) is 14.3. The second kappa shape index (κ2) is 7.38. The Bertz CT molecular complexity index is 857. The summed E-state index contributed by atoms with van der Waals surface area (Å²) in [6.45, 7) is 1.66. The number of carbonyl (C=O) groups excluding carboxylic acids is 4. The molecule has 1 atom stereocenters. The molecule has 1 saturated heterocycles. The van der Waals surface area contributed by atoms with Crippen molar-refractivity contribution in [3.8, 4) is 0 Å². The van der Waals surface area contributed by atoms with Gasteiger partial charge >= 0.3 is 12.0 Å². The highest BCUT2D eigenvalue weighted by Crippen LogP contribution is 2.20. The molecule has 0 saturated carbocycles. The molecule has 8 heteroatoms. The van der Waals surface area contributed by atoms with Crippen molar-refractivity contribution in [2.75, 3.05) is 13.1 Å². The highest BCUT2D eigenvalue weighted by molar-refractivity contribution is 6.10. The van der Waals surface area contributed by atoms with E-state index in [0.29, 0.717) is 5.56 Å². The monoisotopic (exact) mass is 357 g/mol. The predicted octanol–water partition coefficient (Wildman–Crippen LogP) is 1.61. The smallest absolute Gasteiger partial charge is 0.324 e. The molecular formula is C18H19N3O5. The number of ether oxygens (including phenoxy) is 1. The van der Waals surface area contributed by atoms with Gasteiger partial charge in [-0.15, -0.1) is 0 Å². The standard InChI is InChI=1S/C18H19N3O5/c1-11(17(24)13-9-19-14-6-3-2-5-12(13)14)26-16(23)7-4-8-21-15(22)10-20-18(21)25/h2-3,5-6,9,11,19H,4,7-8,10H2,1H3,(H,20,25). The Morgan fingerprint density at radius 3 is 2.77 bits per heavy atom. The molecule has 2 heterocycles. The van der Waals surface area contributed by atoms with E-state index in [1.807, 2.05) is 24.3 Å². The van der Waals surface area contributed by atoms with Gasteiger partial charge in [-0.1, -0.05) is 18.2 Å². The van der Waals surface area contributed by atoms with Crippen LogP contribution in [0.3, 0.4) is 0 Å². The fraction of sp³-hybridized carbons (Fsp3) is 0.333. The first kappa shape index (κ1) is 17.7. The lowest BCUT2D eigenvalue weighted by atomic mass is 10.1. The van der Waals surface area contributed by atoms with Crippen LogP contribution in [-0.2, 0) is 14.3 Å². The van der Waals surface area contributed by atoms with Crippen LogP contribution < -0.4 is 5.32 Å². The third-order valence-electron chi connectivity index (χ3n) is 4.23. The summed E-state index contributed by atoms with van der Waals surface area (Å²) in [7, 11) is 0. The number of nitrogens with zero attached hydrogens (tertiary/aromatic N) is 1. The zero-order chi connectivity index (χ0) is 18.7. The van der Waals surface area contributed by atoms with Crippen molar-refractivity contribution >= 4 is 34.6 Å². The summed E-state index contributed by atoms with van der Waals surface area (Å²) < 4.78 is 5.20. The Hall–Kier alpha value is -3.16. The lowest BCUT2D eigenvalue weighted by Crippen LogP contribution is -2.32. The number of amides is 3. The lowest BCUT2D eigenvalue weighted by molar-refractivity contribution is -0.146. The van der Waals surface area contributed by atoms with Crippen LogP contribution in [0.1, 0.15) is 30.1 Å². The summed E-state index contributed by atoms with van der Waals surface area (Å²) in [5.41, 5.74) is 1.31. The van der Waals surface area contributed by atoms with Gasteiger partial charge in [0.1, 0.15) is 0 Å². The number of hydrogen-bond donors (Lipinski definition) is 2. The number of esters is 1. The summed E-state index contributed by atoms with van der Waals surface area (Å²) in [5, 5.41) is 3.19. The van der Waals surface area contributed by atoms with Crippen LogP contribution in [0.15, 0.2) is 30.5 Å². The number of imide groups is 1. The largest absolute Gasteiger partial charge is 0.454 e. The van der Waals surface area contributed by atoms with Gasteiger partial charge < -0.3 is 15.0 Å². The fourth-order valence-electron chi connectivity index (χ4n) is 2.87. The molecule has 0 bridgehead atoms. The van der Waals surface area contributed by atoms with E-state index in [1.165, 1.54) is 6.92 Å². The molecule has 26 heavy (non-hydrogen) atoms. The number of hydrogen-bond acceptors (Lipinski definition) is 5. The van der Waals surface area contributed by atoms with Crippen molar-refractivity contribution in [2.24, 2.45) is 0 Å². The first-order valence-electron chi connectivity index (χ1n) is 8.35. The van der Waals surface area contributed by atoms with Gasteiger partial charge in [-0.2, -0.15) is 0 Å². The molecule has 0 spiro atoms. The number of benzene rings is 1. The Morgan fingerprint density at radius 2 is 2.04 bits per heavy atom. The second-order valence-electron chi connectivity index (χ2n) is 6.05. The Balaban J connectivity index is 1.51. The van der Waals surface area contributed by atoms with Gasteiger partial charge in [-0.25, -0.2) is 4.79 Å². The van der Waals surface area contributed by atoms with E-state index in [1.54, 1.807) is 6.20 Å². The predicted molar refractivity (Wildman–Crippen MR) is 92.5 cm³/mol. The molecule has 0 aliphatic carbocycles. The molecule has 1 fully saturated rings. The zero-order valence-electron chi connectivity index (χ0n) is 14.3. The van der Waals surface area contributed by atoms with Gasteiger partial charge in [0.15, 0.2) is 6.10 Å². The number of fused-ring (bicyclic) bond motifs is 1. The van der Waals surface area contributed by atoms with Gasteiger partial charge in [0.25, 0.3) is 0 Å². The maximum absolute atomic E-state index is 12.5. The summed E-state index contributed by atoms with van der Waals surface area (Å²) in [6, 6.07) is 6.93. The Labute approximate surface area is 149 Å². The molecule has 3 amide bonds. The number of aromatic amines is 1. The number of Topliss-reactive ketones (excluding diaryl/α,β-unsaturated/α-hetero) is 1. The summed E-state index contributed by atoms with van der Waals surface area (Å²) >= 11 is 0. The topological polar surface area (TPSA) is 109 Å². The fourth-order valence-corrected chi connectivity index (χ4v) is 2.87. The molecule has 1 aromatic carbocycles. The molecular weight excluding hydrogens is 338 g/mol. The van der Waals surface area contributed by atoms with E-state index in [-0.39, 0.29) is 37.6 Å². The van der Waals surface area contributed by atoms with E-state index in [0.717, 1.165) is 15.8 Å². The van der Waals surface area contributed by atoms with Crippen LogP contribution in [0.25, 0.3) is 10.9 Å². The first-order valence-corrected chi connectivity index (χ1v) is 8.35. The SMILES string of the molecule is CC(OC(=O)CCCN1C(=O)CNC1=O)C(=O)c1c[nH]c2ccccc12. The van der Waals surface area contributed by atoms with Crippen LogP contribution in [0, 0.1) is 0 Å². The van der Waals surface area contributed by atoms with E-state index in [9.17, 15) is 19.2 Å². The maximum Gasteiger partial charge on any atom is 0.324 e. The molecule has 8 nitrogen and oxygen atoms in total. The van der Waals surface area contributed by atoms with E-state index < -0.39 is 18.1 Å². The number of ketones is 1. The maximum atomic E-state index is 12.5. The molecule has 1 aliphatic rings.